The molecule has 0 unspecified atom stereocenters. The van der Waals surface area contributed by atoms with E-state index in [1.165, 1.54) is 44.6 Å². The van der Waals surface area contributed by atoms with Gasteiger partial charge in [-0.05, 0) is 37.3 Å². The normalized spacial score (nSPS) is 19.9. The van der Waals surface area contributed by atoms with Crippen molar-refractivity contribution in [1.82, 2.24) is 0 Å². The molecular weight excluding hydrogens is 522 g/mol. The zero-order valence-corrected chi connectivity index (χ0v) is 22.2. The third-order valence-corrected chi connectivity index (χ3v) is 6.85. The van der Waals surface area contributed by atoms with Crippen LogP contribution in [0.3, 0.4) is 0 Å². The van der Waals surface area contributed by atoms with Crippen LogP contribution in [0, 0.1) is 16.0 Å². The van der Waals surface area contributed by atoms with Crippen LogP contribution in [0.15, 0.2) is 60.7 Å². The van der Waals surface area contributed by atoms with E-state index in [0.29, 0.717) is 29.4 Å². The smallest absolute Gasteiger partial charge is 0.271 e. The Kier molecular flexibility index (Phi) is 7.18. The molecule has 2 aliphatic heterocycles. The molecule has 2 fully saturated rings. The number of fused-ring (bicyclic) bond motifs is 1. The molecule has 0 aromatic heterocycles. The Balaban J connectivity index is 1.66. The van der Waals surface area contributed by atoms with E-state index in [-0.39, 0.29) is 22.9 Å². The van der Waals surface area contributed by atoms with Crippen molar-refractivity contribution in [3.63, 3.8) is 0 Å². The third-order valence-electron chi connectivity index (χ3n) is 6.85. The molecule has 0 N–H and O–H groups in total. The Morgan fingerprint density at radius 2 is 1.62 bits per heavy atom. The summed E-state index contributed by atoms with van der Waals surface area (Å²) in [5.74, 6) is -0.640. The monoisotopic (exact) mass is 549 g/mol. The maximum Gasteiger partial charge on any atom is 0.271 e. The minimum atomic E-state index is -1.20. The highest BCUT2D eigenvalue weighted by atomic mass is 16.7. The fourth-order valence-electron chi connectivity index (χ4n) is 5.19. The molecule has 40 heavy (non-hydrogen) atoms. The van der Waals surface area contributed by atoms with E-state index in [0.717, 1.165) is 4.90 Å². The number of methoxy groups -OCH3 is 3. The van der Waals surface area contributed by atoms with Gasteiger partial charge in [-0.3, -0.25) is 24.5 Å². The largest absolute Gasteiger partial charge is 0.494 e. The average Bonchev–Trinajstić information content (AvgIpc) is 3.47. The number of carbonyl (C=O) groups excluding carboxylic acids is 2. The molecule has 0 aliphatic carbocycles. The summed E-state index contributed by atoms with van der Waals surface area (Å²) in [6, 6.07) is 14.9. The molecule has 0 saturated carbocycles. The fraction of sp³-hybridized carbons (Fsp3) is 0.286. The highest BCUT2D eigenvalue weighted by Crippen LogP contribution is 2.53. The average molecular weight is 550 g/mol. The SMILES string of the molecule is CCOc1cccc(N2C(=O)[C@H]3[C@H](ON(c4cccc([N+](=O)[O-])c4)[C@@H]3c3ccc(OC)c(OC)c3OC)C2=O)c1. The number of rotatable bonds is 9. The van der Waals surface area contributed by atoms with Crippen LogP contribution in [-0.4, -0.2) is 50.8 Å². The predicted molar refractivity (Wildman–Crippen MR) is 143 cm³/mol. The summed E-state index contributed by atoms with van der Waals surface area (Å²) in [6.07, 6.45) is -1.20. The number of benzene rings is 3. The number of carbonyl (C=O) groups is 2. The highest BCUT2D eigenvalue weighted by molar-refractivity contribution is 6.24. The minimum Gasteiger partial charge on any atom is -0.494 e. The molecule has 3 aromatic rings. The predicted octanol–water partition coefficient (Wildman–Crippen LogP) is 4.07. The highest BCUT2D eigenvalue weighted by Gasteiger charge is 2.61. The number of nitro benzene ring substituents is 1. The Hall–Kier alpha value is -4.84. The van der Waals surface area contributed by atoms with E-state index >= 15 is 0 Å². The summed E-state index contributed by atoms with van der Waals surface area (Å²) in [5.41, 5.74) is 0.920. The standard InChI is InChI=1S/C28H27N3O9/c1-5-39-19-11-7-8-16(15-19)29-27(32)22-23(20-12-13-21(36-2)25(38-4)24(20)37-3)30(40-26(22)28(29)33)17-9-6-10-18(14-17)31(34)35/h6-15,22-23,26H,5H2,1-4H3/t22-,23-,26+/m1/s1. The van der Waals surface area contributed by atoms with Gasteiger partial charge >= 0.3 is 0 Å². The van der Waals surface area contributed by atoms with Crippen molar-refractivity contribution >= 4 is 28.9 Å². The summed E-state index contributed by atoms with van der Waals surface area (Å²) in [5, 5.41) is 12.9. The van der Waals surface area contributed by atoms with Crippen LogP contribution in [0.5, 0.6) is 23.0 Å². The molecule has 12 heteroatoms. The molecule has 2 amide bonds. The third kappa shape index (κ3) is 4.31. The number of ether oxygens (including phenoxy) is 4. The summed E-state index contributed by atoms with van der Waals surface area (Å²) >= 11 is 0. The van der Waals surface area contributed by atoms with Gasteiger partial charge in [0.05, 0.1) is 44.2 Å². The topological polar surface area (TPSA) is 130 Å². The first-order chi connectivity index (χ1) is 19.3. The molecule has 12 nitrogen and oxygen atoms in total. The van der Waals surface area contributed by atoms with E-state index in [2.05, 4.69) is 0 Å². The van der Waals surface area contributed by atoms with Crippen LogP contribution in [-0.2, 0) is 14.4 Å². The number of anilines is 2. The van der Waals surface area contributed by atoms with Gasteiger partial charge in [0.2, 0.25) is 11.7 Å². The quantitative estimate of drug-likeness (QED) is 0.219. The lowest BCUT2D eigenvalue weighted by Crippen LogP contribution is -2.37. The lowest BCUT2D eigenvalue weighted by molar-refractivity contribution is -0.384. The molecule has 0 radical (unpaired) electrons. The number of nitro groups is 1. The van der Waals surface area contributed by atoms with Gasteiger partial charge < -0.3 is 18.9 Å². The molecule has 2 saturated heterocycles. The molecule has 5 rings (SSSR count). The Bertz CT molecular complexity index is 1480. The number of non-ortho nitro benzene ring substituents is 1. The molecule has 3 atom stereocenters. The zero-order valence-electron chi connectivity index (χ0n) is 22.2. The Morgan fingerprint density at radius 3 is 2.30 bits per heavy atom. The Morgan fingerprint density at radius 1 is 0.900 bits per heavy atom. The first-order valence-electron chi connectivity index (χ1n) is 12.4. The molecular formula is C28H27N3O9. The van der Waals surface area contributed by atoms with Crippen LogP contribution in [0.1, 0.15) is 18.5 Å². The van der Waals surface area contributed by atoms with E-state index < -0.39 is 34.8 Å². The number of nitrogens with zero attached hydrogens (tertiary/aromatic N) is 3. The minimum absolute atomic E-state index is 0.178. The van der Waals surface area contributed by atoms with Crippen LogP contribution < -0.4 is 28.9 Å². The van der Waals surface area contributed by atoms with Crippen LogP contribution in [0.2, 0.25) is 0 Å². The van der Waals surface area contributed by atoms with Gasteiger partial charge in [-0.15, -0.1) is 0 Å². The van der Waals surface area contributed by atoms with Gasteiger partial charge in [-0.1, -0.05) is 12.1 Å². The van der Waals surface area contributed by atoms with Gasteiger partial charge in [0.1, 0.15) is 17.7 Å². The maximum atomic E-state index is 14.0. The lowest BCUT2D eigenvalue weighted by Gasteiger charge is -2.30. The second-order valence-corrected chi connectivity index (χ2v) is 8.97. The summed E-state index contributed by atoms with van der Waals surface area (Å²) < 4.78 is 22.2. The van der Waals surface area contributed by atoms with Crippen LogP contribution in [0.4, 0.5) is 17.1 Å². The Labute approximate surface area is 229 Å². The lowest BCUT2D eigenvalue weighted by atomic mass is 9.89. The molecule has 0 spiro atoms. The summed E-state index contributed by atoms with van der Waals surface area (Å²) in [7, 11) is 4.38. The van der Waals surface area contributed by atoms with Gasteiger partial charge in [-0.25, -0.2) is 9.96 Å². The van der Waals surface area contributed by atoms with Crippen molar-refractivity contribution in [2.24, 2.45) is 5.92 Å². The maximum absolute atomic E-state index is 14.0. The molecule has 3 aromatic carbocycles. The second-order valence-electron chi connectivity index (χ2n) is 8.97. The van der Waals surface area contributed by atoms with E-state index in [9.17, 15) is 19.7 Å². The van der Waals surface area contributed by atoms with Crippen molar-refractivity contribution in [2.45, 2.75) is 19.1 Å². The van der Waals surface area contributed by atoms with E-state index in [1.54, 1.807) is 42.5 Å². The first kappa shape index (κ1) is 26.8. The van der Waals surface area contributed by atoms with Crippen LogP contribution >= 0.6 is 0 Å². The van der Waals surface area contributed by atoms with Gasteiger partial charge in [0.15, 0.2) is 17.6 Å². The van der Waals surface area contributed by atoms with Crippen molar-refractivity contribution in [2.75, 3.05) is 37.9 Å². The summed E-state index contributed by atoms with van der Waals surface area (Å²) in [6.45, 7) is 2.25. The molecule has 0 bridgehead atoms. The molecule has 208 valence electrons. The summed E-state index contributed by atoms with van der Waals surface area (Å²) in [4.78, 5) is 46.0. The fourth-order valence-corrected chi connectivity index (χ4v) is 5.19. The number of hydroxylamine groups is 1. The van der Waals surface area contributed by atoms with Crippen molar-refractivity contribution in [3.05, 3.63) is 76.3 Å². The van der Waals surface area contributed by atoms with Gasteiger partial charge in [-0.2, -0.15) is 0 Å². The zero-order chi connectivity index (χ0) is 28.6. The molecule has 2 aliphatic rings. The number of hydrogen-bond donors (Lipinski definition) is 0. The number of imide groups is 1. The van der Waals surface area contributed by atoms with Crippen molar-refractivity contribution < 1.29 is 38.3 Å². The van der Waals surface area contributed by atoms with Gasteiger partial charge in [0, 0.05) is 23.8 Å². The van der Waals surface area contributed by atoms with Crippen molar-refractivity contribution in [1.29, 1.82) is 0 Å². The first-order valence-corrected chi connectivity index (χ1v) is 12.4. The van der Waals surface area contributed by atoms with E-state index in [1.807, 2.05) is 6.92 Å². The second kappa shape index (κ2) is 10.7. The molecule has 2 heterocycles. The number of amides is 2. The van der Waals surface area contributed by atoms with Gasteiger partial charge in [0.25, 0.3) is 11.6 Å². The van der Waals surface area contributed by atoms with E-state index in [4.69, 9.17) is 23.8 Å². The van der Waals surface area contributed by atoms with Crippen molar-refractivity contribution in [3.8, 4) is 23.0 Å². The van der Waals surface area contributed by atoms with Crippen LogP contribution in [0.25, 0.3) is 0 Å². The number of hydrogen-bond acceptors (Lipinski definition) is 10.